The molecule has 1 unspecified atom stereocenters. The van der Waals surface area contributed by atoms with Crippen LogP contribution in [0, 0.1) is 5.82 Å². The molecule has 0 aliphatic rings. The van der Waals surface area contributed by atoms with Crippen LogP contribution in [0.4, 0.5) is 10.1 Å². The van der Waals surface area contributed by atoms with Gasteiger partial charge in [-0.05, 0) is 35.7 Å². The van der Waals surface area contributed by atoms with Crippen molar-refractivity contribution in [2.24, 2.45) is 0 Å². The minimum Gasteiger partial charge on any atom is -0.408 e. The zero-order chi connectivity index (χ0) is 16.4. The van der Waals surface area contributed by atoms with Crippen LogP contribution in [0.15, 0.2) is 51.7 Å². The number of nitrogens with one attached hydrogen (secondary N) is 2. The molecule has 0 spiro atoms. The first kappa shape index (κ1) is 15.0. The van der Waals surface area contributed by atoms with Gasteiger partial charge in [0.05, 0.1) is 5.52 Å². The largest absolute Gasteiger partial charge is 0.417 e. The summed E-state index contributed by atoms with van der Waals surface area (Å²) in [7, 11) is 0. The van der Waals surface area contributed by atoms with Crippen molar-refractivity contribution in [1.29, 1.82) is 0 Å². The molecular weight excluding hydrogens is 299 g/mol. The molecule has 0 radical (unpaired) electrons. The average Bonchev–Trinajstić information content (AvgIpc) is 2.87. The molecule has 2 aromatic carbocycles. The Hall–Kier alpha value is -2.89. The van der Waals surface area contributed by atoms with Gasteiger partial charge >= 0.3 is 5.76 Å². The summed E-state index contributed by atoms with van der Waals surface area (Å²) in [6.07, 6.45) is 0.265. The molecule has 1 heterocycles. The van der Waals surface area contributed by atoms with Crippen LogP contribution in [-0.4, -0.2) is 10.9 Å². The van der Waals surface area contributed by atoms with E-state index in [9.17, 15) is 14.0 Å². The second-order valence-electron chi connectivity index (χ2n) is 5.43. The van der Waals surface area contributed by atoms with E-state index in [1.165, 1.54) is 12.1 Å². The molecule has 6 heteroatoms. The van der Waals surface area contributed by atoms with Crippen molar-refractivity contribution >= 4 is 22.7 Å². The zero-order valence-corrected chi connectivity index (χ0v) is 12.4. The van der Waals surface area contributed by atoms with Crippen LogP contribution in [0.25, 0.3) is 11.1 Å². The third-order valence-corrected chi connectivity index (χ3v) is 3.64. The Bertz CT molecular complexity index is 896. The first-order chi connectivity index (χ1) is 11.0. The quantitative estimate of drug-likeness (QED) is 0.775. The lowest BCUT2D eigenvalue weighted by molar-refractivity contribution is -0.116. The van der Waals surface area contributed by atoms with Crippen molar-refractivity contribution < 1.29 is 13.6 Å². The lowest BCUT2D eigenvalue weighted by atomic mass is 9.97. The third-order valence-electron chi connectivity index (χ3n) is 3.64. The second-order valence-corrected chi connectivity index (χ2v) is 5.43. The topological polar surface area (TPSA) is 75.1 Å². The number of oxazole rings is 1. The number of aromatic amines is 1. The predicted octanol–water partition coefficient (Wildman–Crippen LogP) is 3.39. The monoisotopic (exact) mass is 314 g/mol. The normalized spacial score (nSPS) is 12.3. The molecular formula is C17H15FN2O3. The average molecular weight is 314 g/mol. The summed E-state index contributed by atoms with van der Waals surface area (Å²) in [5, 5.41) is 2.77. The lowest BCUT2D eigenvalue weighted by Crippen LogP contribution is -2.14. The number of fused-ring (bicyclic) bond motifs is 1. The molecule has 118 valence electrons. The van der Waals surface area contributed by atoms with E-state index >= 15 is 0 Å². The van der Waals surface area contributed by atoms with E-state index in [0.29, 0.717) is 16.8 Å². The minimum absolute atomic E-state index is 0.0375. The van der Waals surface area contributed by atoms with Crippen LogP contribution in [0.2, 0.25) is 0 Å². The molecule has 0 fully saturated rings. The van der Waals surface area contributed by atoms with Crippen LogP contribution in [0.1, 0.15) is 24.8 Å². The van der Waals surface area contributed by atoms with E-state index in [-0.39, 0.29) is 24.1 Å². The molecule has 3 rings (SSSR count). The van der Waals surface area contributed by atoms with E-state index in [2.05, 4.69) is 10.3 Å². The minimum atomic E-state index is -0.534. The summed E-state index contributed by atoms with van der Waals surface area (Å²) in [5.41, 5.74) is 2.41. The van der Waals surface area contributed by atoms with E-state index in [4.69, 9.17) is 4.42 Å². The molecule has 0 saturated carbocycles. The molecule has 0 aliphatic heterocycles. The second kappa shape index (κ2) is 6.08. The van der Waals surface area contributed by atoms with Gasteiger partial charge in [0.15, 0.2) is 5.58 Å². The maximum Gasteiger partial charge on any atom is 0.417 e. The highest BCUT2D eigenvalue weighted by molar-refractivity contribution is 5.93. The highest BCUT2D eigenvalue weighted by Crippen LogP contribution is 2.21. The standard InChI is InChI=1S/C17H15FN2O3/c1-10(11-2-4-12(18)5-3-11)8-16(21)19-13-6-7-14-15(9-13)23-17(22)20-14/h2-7,9-10H,8H2,1H3,(H,19,21)(H,20,22). The van der Waals surface area contributed by atoms with Crippen LogP contribution < -0.4 is 11.1 Å². The number of carbonyl (C=O) groups excluding carboxylic acids is 1. The Morgan fingerprint density at radius 1 is 1.26 bits per heavy atom. The number of H-pyrrole nitrogens is 1. The van der Waals surface area contributed by atoms with Gasteiger partial charge in [-0.1, -0.05) is 19.1 Å². The summed E-state index contributed by atoms with van der Waals surface area (Å²) in [5.74, 6) is -1.04. The van der Waals surface area contributed by atoms with E-state index in [1.807, 2.05) is 6.92 Å². The summed E-state index contributed by atoms with van der Waals surface area (Å²) in [6, 6.07) is 11.1. The van der Waals surface area contributed by atoms with E-state index < -0.39 is 5.76 Å². The van der Waals surface area contributed by atoms with Crippen molar-refractivity contribution in [1.82, 2.24) is 4.98 Å². The molecule has 3 aromatic rings. The summed E-state index contributed by atoms with van der Waals surface area (Å²) in [6.45, 7) is 1.90. The number of amides is 1. The Labute approximate surface area is 131 Å². The number of hydrogen-bond acceptors (Lipinski definition) is 3. The van der Waals surface area contributed by atoms with Crippen LogP contribution in [0.5, 0.6) is 0 Å². The Balaban J connectivity index is 1.67. The van der Waals surface area contributed by atoms with E-state index in [0.717, 1.165) is 5.56 Å². The molecule has 1 amide bonds. The van der Waals surface area contributed by atoms with Crippen LogP contribution >= 0.6 is 0 Å². The van der Waals surface area contributed by atoms with Gasteiger partial charge in [-0.15, -0.1) is 0 Å². The fraction of sp³-hybridized carbons (Fsp3) is 0.176. The van der Waals surface area contributed by atoms with E-state index in [1.54, 1.807) is 30.3 Å². The molecule has 1 aromatic heterocycles. The number of benzene rings is 2. The van der Waals surface area contributed by atoms with Gasteiger partial charge in [0, 0.05) is 18.2 Å². The van der Waals surface area contributed by atoms with Gasteiger partial charge in [-0.25, -0.2) is 9.18 Å². The lowest BCUT2D eigenvalue weighted by Gasteiger charge is -2.12. The maximum atomic E-state index is 12.9. The Morgan fingerprint density at radius 3 is 2.74 bits per heavy atom. The molecule has 23 heavy (non-hydrogen) atoms. The van der Waals surface area contributed by atoms with Crippen LogP contribution in [-0.2, 0) is 4.79 Å². The summed E-state index contributed by atoms with van der Waals surface area (Å²) >= 11 is 0. The number of anilines is 1. The fourth-order valence-electron chi connectivity index (χ4n) is 2.42. The van der Waals surface area contributed by atoms with Crippen LogP contribution in [0.3, 0.4) is 0 Å². The molecule has 0 saturated heterocycles. The summed E-state index contributed by atoms with van der Waals surface area (Å²) in [4.78, 5) is 25.8. The van der Waals surface area contributed by atoms with Gasteiger partial charge in [-0.2, -0.15) is 0 Å². The van der Waals surface area contributed by atoms with Crippen molar-refractivity contribution in [3.05, 3.63) is 64.4 Å². The molecule has 0 aliphatic carbocycles. The maximum absolute atomic E-state index is 12.9. The highest BCUT2D eigenvalue weighted by Gasteiger charge is 2.12. The first-order valence-electron chi connectivity index (χ1n) is 7.19. The molecule has 5 nitrogen and oxygen atoms in total. The van der Waals surface area contributed by atoms with Gasteiger partial charge < -0.3 is 9.73 Å². The van der Waals surface area contributed by atoms with Gasteiger partial charge in [-0.3, -0.25) is 9.78 Å². The Kier molecular flexibility index (Phi) is 3.97. The number of carbonyl (C=O) groups is 1. The Morgan fingerprint density at radius 2 is 2.00 bits per heavy atom. The van der Waals surface area contributed by atoms with Gasteiger partial charge in [0.1, 0.15) is 5.82 Å². The predicted molar refractivity (Wildman–Crippen MR) is 84.9 cm³/mol. The van der Waals surface area contributed by atoms with Crippen molar-refractivity contribution in [3.8, 4) is 0 Å². The number of hydrogen-bond donors (Lipinski definition) is 2. The zero-order valence-electron chi connectivity index (χ0n) is 12.4. The molecule has 1 atom stereocenters. The van der Waals surface area contributed by atoms with Gasteiger partial charge in [0.2, 0.25) is 5.91 Å². The first-order valence-corrected chi connectivity index (χ1v) is 7.19. The van der Waals surface area contributed by atoms with Gasteiger partial charge in [0.25, 0.3) is 0 Å². The van der Waals surface area contributed by atoms with Crippen molar-refractivity contribution in [2.75, 3.05) is 5.32 Å². The number of rotatable bonds is 4. The number of aromatic nitrogens is 1. The summed E-state index contributed by atoms with van der Waals surface area (Å²) < 4.78 is 17.9. The third kappa shape index (κ3) is 3.48. The number of halogens is 1. The van der Waals surface area contributed by atoms with Crippen molar-refractivity contribution in [3.63, 3.8) is 0 Å². The smallest absolute Gasteiger partial charge is 0.408 e. The van der Waals surface area contributed by atoms with Crippen molar-refractivity contribution in [2.45, 2.75) is 19.3 Å². The SMILES string of the molecule is CC(CC(=O)Nc1ccc2[nH]c(=O)oc2c1)c1ccc(F)cc1. The highest BCUT2D eigenvalue weighted by atomic mass is 19.1. The molecule has 0 bridgehead atoms. The fourth-order valence-corrected chi connectivity index (χ4v) is 2.42. The molecule has 2 N–H and O–H groups in total.